The lowest BCUT2D eigenvalue weighted by molar-refractivity contribution is -0.138. The van der Waals surface area contributed by atoms with Gasteiger partial charge in [-0.3, -0.25) is 4.79 Å². The van der Waals surface area contributed by atoms with E-state index < -0.39 is 53.2 Å². The number of rotatable bonds is 5. The summed E-state index contributed by atoms with van der Waals surface area (Å²) in [4.78, 5) is 12.2. The third kappa shape index (κ3) is 6.23. The normalized spacial score (nSPS) is 13.7. The number of carbonyl (C=O) groups is 1. The van der Waals surface area contributed by atoms with Crippen molar-refractivity contribution in [1.29, 1.82) is 5.26 Å². The zero-order valence-electron chi connectivity index (χ0n) is 15.4. The van der Waals surface area contributed by atoms with Crippen LogP contribution < -0.4 is 5.32 Å². The largest absolute Gasteiger partial charge is 0.511 e. The summed E-state index contributed by atoms with van der Waals surface area (Å²) in [6.45, 7) is 0. The Morgan fingerprint density at radius 3 is 1.81 bits per heavy atom. The second kappa shape index (κ2) is 9.09. The molecule has 0 saturated heterocycles. The Hall–Kier alpha value is -3.52. The average molecular weight is 444 g/mol. The smallest absolute Gasteiger partial charge is 0.416 e. The van der Waals surface area contributed by atoms with Gasteiger partial charge in [0.05, 0.1) is 17.2 Å². The lowest BCUT2D eigenvalue weighted by Crippen LogP contribution is -2.16. The monoisotopic (exact) mass is 444 g/mol. The van der Waals surface area contributed by atoms with Gasteiger partial charge in [-0.2, -0.15) is 31.6 Å². The van der Waals surface area contributed by atoms with Crippen molar-refractivity contribution in [3.8, 4) is 6.07 Å². The highest BCUT2D eigenvalue weighted by Gasteiger charge is 2.31. The molecule has 0 saturated carbocycles. The van der Waals surface area contributed by atoms with Gasteiger partial charge in [0.15, 0.2) is 5.57 Å². The van der Waals surface area contributed by atoms with Crippen molar-refractivity contribution in [2.45, 2.75) is 24.9 Å². The fraction of sp³-hybridized carbons (Fsp3) is 0.200. The highest BCUT2D eigenvalue weighted by Crippen LogP contribution is 2.31. The number of nitriles is 1. The van der Waals surface area contributed by atoms with Gasteiger partial charge in [0, 0.05) is 12.1 Å². The molecule has 31 heavy (non-hydrogen) atoms. The maximum Gasteiger partial charge on any atom is 0.416 e. The number of aliphatic hydroxyl groups is 2. The van der Waals surface area contributed by atoms with E-state index in [0.717, 1.165) is 36.4 Å². The summed E-state index contributed by atoms with van der Waals surface area (Å²) < 4.78 is 75.4. The van der Waals surface area contributed by atoms with E-state index in [-0.39, 0.29) is 11.3 Å². The molecule has 0 heterocycles. The predicted octanol–water partition coefficient (Wildman–Crippen LogP) is 5.12. The molecule has 0 aromatic heterocycles. The molecule has 0 aliphatic heterocycles. The van der Waals surface area contributed by atoms with Gasteiger partial charge in [-0.25, -0.2) is 0 Å². The molecule has 2 aromatic rings. The Balaban J connectivity index is 2.13. The minimum atomic E-state index is -4.58. The molecule has 11 heteroatoms. The number of halogens is 6. The maximum absolute atomic E-state index is 12.6. The first-order valence-electron chi connectivity index (χ1n) is 8.49. The Morgan fingerprint density at radius 2 is 1.39 bits per heavy atom. The van der Waals surface area contributed by atoms with Crippen LogP contribution in [0.2, 0.25) is 0 Å². The zero-order valence-corrected chi connectivity index (χ0v) is 15.4. The number of nitrogens with one attached hydrogen (secondary N) is 1. The first-order valence-corrected chi connectivity index (χ1v) is 8.49. The summed E-state index contributed by atoms with van der Waals surface area (Å²) in [7, 11) is 0. The third-order valence-electron chi connectivity index (χ3n) is 4.11. The fourth-order valence-electron chi connectivity index (χ4n) is 2.48. The minimum absolute atomic E-state index is 0.0000116. The molecule has 0 fully saturated rings. The van der Waals surface area contributed by atoms with Gasteiger partial charge in [0.25, 0.3) is 5.91 Å². The number of hydrogen-bond donors (Lipinski definition) is 3. The number of hydrogen-bond acceptors (Lipinski definition) is 4. The summed E-state index contributed by atoms with van der Waals surface area (Å²) in [6, 6.07) is 8.14. The van der Waals surface area contributed by atoms with Crippen LogP contribution in [-0.4, -0.2) is 16.1 Å². The van der Waals surface area contributed by atoms with Crippen molar-refractivity contribution < 1.29 is 41.4 Å². The number of carbonyl (C=O) groups excluding carboxylic acids is 1. The lowest BCUT2D eigenvalue weighted by atomic mass is 10.0. The van der Waals surface area contributed by atoms with E-state index in [1.54, 1.807) is 0 Å². The molecular formula is C20H14F6N2O3. The Kier molecular flexibility index (Phi) is 6.97. The fourth-order valence-corrected chi connectivity index (χ4v) is 2.48. The first kappa shape index (κ1) is 23.8. The van der Waals surface area contributed by atoms with Gasteiger partial charge in [0.1, 0.15) is 11.8 Å². The van der Waals surface area contributed by atoms with Gasteiger partial charge >= 0.3 is 12.4 Å². The van der Waals surface area contributed by atoms with Gasteiger partial charge in [-0.1, -0.05) is 12.1 Å². The number of anilines is 1. The standard InChI is InChI=1S/C20H14F6N2O3/c21-19(22,23)12-3-1-11(2-4-12)16(29)9-17(30)15(10-27)18(31)28-14-7-5-13(6-8-14)20(24,25)26/h1-8,16,29-30H,9H2,(H,28,31)/b17-15-. The molecule has 2 rings (SSSR count). The molecule has 5 nitrogen and oxygen atoms in total. The predicted molar refractivity (Wildman–Crippen MR) is 96.4 cm³/mol. The second-order valence-electron chi connectivity index (χ2n) is 6.30. The number of nitrogens with zero attached hydrogens (tertiary/aromatic N) is 1. The van der Waals surface area contributed by atoms with Crippen LogP contribution in [0.1, 0.15) is 29.2 Å². The number of amides is 1. The van der Waals surface area contributed by atoms with Crippen molar-refractivity contribution in [2.24, 2.45) is 0 Å². The molecule has 164 valence electrons. The van der Waals surface area contributed by atoms with E-state index in [0.29, 0.717) is 12.1 Å². The summed E-state index contributed by atoms with van der Waals surface area (Å²) in [5.74, 6) is -1.99. The topological polar surface area (TPSA) is 93.4 Å². The molecule has 0 aliphatic carbocycles. The van der Waals surface area contributed by atoms with E-state index >= 15 is 0 Å². The van der Waals surface area contributed by atoms with Crippen LogP contribution >= 0.6 is 0 Å². The van der Waals surface area contributed by atoms with Crippen LogP contribution in [0.25, 0.3) is 0 Å². The van der Waals surface area contributed by atoms with E-state index in [4.69, 9.17) is 5.26 Å². The molecule has 1 unspecified atom stereocenters. The van der Waals surface area contributed by atoms with Crippen molar-refractivity contribution in [3.63, 3.8) is 0 Å². The van der Waals surface area contributed by atoms with Crippen LogP contribution in [0.3, 0.4) is 0 Å². The molecule has 1 amide bonds. The number of aliphatic hydroxyl groups excluding tert-OH is 2. The van der Waals surface area contributed by atoms with Crippen LogP contribution in [0, 0.1) is 11.3 Å². The summed E-state index contributed by atoms with van der Waals surface area (Å²) in [6.07, 6.45) is -11.3. The van der Waals surface area contributed by atoms with Crippen LogP contribution in [0.5, 0.6) is 0 Å². The van der Waals surface area contributed by atoms with Crippen molar-refractivity contribution in [2.75, 3.05) is 5.32 Å². The van der Waals surface area contributed by atoms with Gasteiger partial charge in [-0.15, -0.1) is 0 Å². The lowest BCUT2D eigenvalue weighted by Gasteiger charge is -2.13. The van der Waals surface area contributed by atoms with Gasteiger partial charge < -0.3 is 15.5 Å². The maximum atomic E-state index is 12.6. The van der Waals surface area contributed by atoms with E-state index in [2.05, 4.69) is 5.32 Å². The Morgan fingerprint density at radius 1 is 0.935 bits per heavy atom. The number of alkyl halides is 6. The molecular weight excluding hydrogens is 430 g/mol. The second-order valence-corrected chi connectivity index (χ2v) is 6.30. The minimum Gasteiger partial charge on any atom is -0.511 e. The highest BCUT2D eigenvalue weighted by molar-refractivity contribution is 6.06. The summed E-state index contributed by atoms with van der Waals surface area (Å²) >= 11 is 0. The third-order valence-corrected chi connectivity index (χ3v) is 4.11. The molecule has 0 spiro atoms. The van der Waals surface area contributed by atoms with Gasteiger partial charge in [-0.05, 0) is 42.0 Å². The van der Waals surface area contributed by atoms with Crippen LogP contribution in [0.15, 0.2) is 59.9 Å². The molecule has 1 atom stereocenters. The van der Waals surface area contributed by atoms with E-state index in [1.165, 1.54) is 6.07 Å². The van der Waals surface area contributed by atoms with Crippen molar-refractivity contribution >= 4 is 11.6 Å². The molecule has 0 bridgehead atoms. The average Bonchev–Trinajstić information content (AvgIpc) is 2.67. The zero-order chi connectivity index (χ0) is 23.4. The Labute approximate surface area is 171 Å². The van der Waals surface area contributed by atoms with Crippen molar-refractivity contribution in [3.05, 3.63) is 76.6 Å². The molecule has 0 radical (unpaired) electrons. The van der Waals surface area contributed by atoms with Crippen LogP contribution in [0.4, 0.5) is 32.0 Å². The summed E-state index contributed by atoms with van der Waals surface area (Å²) in [5.41, 5.74) is -2.80. The SMILES string of the molecule is N#C/C(C(=O)Nc1ccc(C(F)(F)F)cc1)=C(/O)CC(O)c1ccc(C(F)(F)F)cc1. The molecule has 0 aliphatic rings. The summed E-state index contributed by atoms with van der Waals surface area (Å²) in [5, 5.41) is 31.4. The van der Waals surface area contributed by atoms with Crippen molar-refractivity contribution in [1.82, 2.24) is 0 Å². The quantitative estimate of drug-likeness (QED) is 0.258. The van der Waals surface area contributed by atoms with Gasteiger partial charge in [0.2, 0.25) is 0 Å². The first-order chi connectivity index (χ1) is 14.3. The highest BCUT2D eigenvalue weighted by atomic mass is 19.4. The molecule has 2 aromatic carbocycles. The number of benzene rings is 2. The van der Waals surface area contributed by atoms with E-state index in [1.807, 2.05) is 0 Å². The van der Waals surface area contributed by atoms with Crippen LogP contribution in [-0.2, 0) is 17.1 Å². The molecule has 3 N–H and O–H groups in total. The van der Waals surface area contributed by atoms with E-state index in [9.17, 15) is 41.4 Å². The Bertz CT molecular complexity index is 1000.